The van der Waals surface area contributed by atoms with Crippen LogP contribution in [0.4, 0.5) is 18.9 Å². The predicted octanol–water partition coefficient (Wildman–Crippen LogP) is 4.87. The number of nitrogens with zero attached hydrogens (tertiary/aromatic N) is 1. The van der Waals surface area contributed by atoms with Gasteiger partial charge in [-0.25, -0.2) is 0 Å². The first-order valence-electron chi connectivity index (χ1n) is 6.09. The molecule has 0 amide bonds. The largest absolute Gasteiger partial charge is 0.416 e. The van der Waals surface area contributed by atoms with Crippen molar-refractivity contribution in [2.45, 2.75) is 11.1 Å². The first-order valence-corrected chi connectivity index (χ1v) is 7.32. The van der Waals surface area contributed by atoms with Crippen molar-refractivity contribution in [2.75, 3.05) is 11.7 Å². The quantitative estimate of drug-likeness (QED) is 0.495. The number of nitrogens with one attached hydrogen (secondary N) is 1. The van der Waals surface area contributed by atoms with E-state index in [1.54, 1.807) is 18.0 Å². The molecule has 0 radical (unpaired) electrons. The molecule has 110 valence electrons. The minimum atomic E-state index is -4.35. The van der Waals surface area contributed by atoms with Crippen molar-refractivity contribution in [3.8, 4) is 0 Å². The van der Waals surface area contributed by atoms with Crippen LogP contribution in [-0.2, 0) is 6.18 Å². The van der Waals surface area contributed by atoms with E-state index in [0.29, 0.717) is 5.69 Å². The molecular formula is C15H13F3N2S. The van der Waals surface area contributed by atoms with Crippen molar-refractivity contribution in [3.05, 3.63) is 59.7 Å². The summed E-state index contributed by atoms with van der Waals surface area (Å²) in [6.07, 6.45) is -0.808. The Balaban J connectivity index is 2.03. The molecule has 2 aromatic rings. The number of rotatable bonds is 4. The van der Waals surface area contributed by atoms with Crippen molar-refractivity contribution < 1.29 is 13.2 Å². The average molecular weight is 310 g/mol. The smallest absolute Gasteiger partial charge is 0.278 e. The van der Waals surface area contributed by atoms with Crippen molar-refractivity contribution >= 4 is 23.7 Å². The van der Waals surface area contributed by atoms with E-state index in [2.05, 4.69) is 10.5 Å². The van der Waals surface area contributed by atoms with Crippen LogP contribution in [0.3, 0.4) is 0 Å². The highest BCUT2D eigenvalue weighted by Crippen LogP contribution is 2.30. The van der Waals surface area contributed by atoms with Gasteiger partial charge >= 0.3 is 6.18 Å². The van der Waals surface area contributed by atoms with Gasteiger partial charge in [0.25, 0.3) is 0 Å². The minimum absolute atomic E-state index is 0.293. The summed E-state index contributed by atoms with van der Waals surface area (Å²) in [4.78, 5) is 1.14. The monoisotopic (exact) mass is 310 g/mol. The second-order valence-electron chi connectivity index (χ2n) is 4.22. The molecule has 0 saturated carbocycles. The first-order chi connectivity index (χ1) is 9.99. The maximum Gasteiger partial charge on any atom is 0.416 e. The molecule has 0 saturated heterocycles. The number of hydrazone groups is 1. The summed E-state index contributed by atoms with van der Waals surface area (Å²) in [5.41, 5.74) is 3.06. The summed E-state index contributed by atoms with van der Waals surface area (Å²) in [6.45, 7) is 0. The number of hydrogen-bond acceptors (Lipinski definition) is 3. The predicted molar refractivity (Wildman–Crippen MR) is 80.9 cm³/mol. The Morgan fingerprint density at radius 3 is 2.43 bits per heavy atom. The molecule has 0 unspecified atom stereocenters. The molecule has 0 spiro atoms. The Kier molecular flexibility index (Phi) is 4.90. The molecule has 0 aliphatic heterocycles. The molecule has 1 N–H and O–H groups in total. The first kappa shape index (κ1) is 15.4. The van der Waals surface area contributed by atoms with Crippen LogP contribution in [0.25, 0.3) is 0 Å². The van der Waals surface area contributed by atoms with E-state index in [1.165, 1.54) is 12.1 Å². The number of benzene rings is 2. The van der Waals surface area contributed by atoms with Gasteiger partial charge < -0.3 is 0 Å². The zero-order valence-electron chi connectivity index (χ0n) is 11.2. The van der Waals surface area contributed by atoms with Crippen LogP contribution in [0.1, 0.15) is 11.1 Å². The second kappa shape index (κ2) is 6.67. The summed E-state index contributed by atoms with van der Waals surface area (Å²) >= 11 is 1.64. The number of anilines is 1. The molecule has 0 aliphatic rings. The molecule has 0 aromatic heterocycles. The third-order valence-electron chi connectivity index (χ3n) is 2.71. The fourth-order valence-corrected chi connectivity index (χ4v) is 2.04. The molecule has 0 atom stereocenters. The summed E-state index contributed by atoms with van der Waals surface area (Å²) < 4.78 is 37.7. The Bertz CT molecular complexity index is 622. The Hall–Kier alpha value is -1.95. The molecule has 6 heteroatoms. The minimum Gasteiger partial charge on any atom is -0.278 e. The summed E-state index contributed by atoms with van der Waals surface area (Å²) in [5.74, 6) is 0. The van der Waals surface area contributed by atoms with Crippen LogP contribution >= 0.6 is 11.8 Å². The Morgan fingerprint density at radius 1 is 1.10 bits per heavy atom. The van der Waals surface area contributed by atoms with Crippen molar-refractivity contribution in [1.29, 1.82) is 0 Å². The van der Waals surface area contributed by atoms with Gasteiger partial charge in [0.1, 0.15) is 0 Å². The van der Waals surface area contributed by atoms with Gasteiger partial charge in [0.05, 0.1) is 17.5 Å². The zero-order chi connectivity index (χ0) is 15.3. The average Bonchev–Trinajstić information content (AvgIpc) is 2.47. The lowest BCUT2D eigenvalue weighted by Gasteiger charge is -2.08. The van der Waals surface area contributed by atoms with E-state index in [4.69, 9.17) is 0 Å². The fourth-order valence-electron chi connectivity index (χ4n) is 1.64. The summed E-state index contributed by atoms with van der Waals surface area (Å²) in [7, 11) is 0. The topological polar surface area (TPSA) is 24.4 Å². The van der Waals surface area contributed by atoms with Gasteiger partial charge in [-0.05, 0) is 42.2 Å². The summed E-state index contributed by atoms with van der Waals surface area (Å²) in [5, 5.41) is 3.94. The molecule has 0 bridgehead atoms. The fraction of sp³-hybridized carbons (Fsp3) is 0.133. The van der Waals surface area contributed by atoms with E-state index in [9.17, 15) is 13.2 Å². The Labute approximate surface area is 125 Å². The molecular weight excluding hydrogens is 297 g/mol. The van der Waals surface area contributed by atoms with Crippen LogP contribution in [0.2, 0.25) is 0 Å². The van der Waals surface area contributed by atoms with Gasteiger partial charge in [-0.3, -0.25) is 5.43 Å². The van der Waals surface area contributed by atoms with Gasteiger partial charge in [-0.2, -0.15) is 18.3 Å². The molecule has 2 nitrogen and oxygen atoms in total. The molecule has 2 rings (SSSR count). The van der Waals surface area contributed by atoms with Crippen LogP contribution < -0.4 is 5.43 Å². The number of halogens is 3. The second-order valence-corrected chi connectivity index (χ2v) is 5.10. The standard InChI is InChI=1S/C15H13F3N2S/c1-21-14-7-5-11(6-8-14)10-19-20-13-4-2-3-12(9-13)15(16,17)18/h2-10,20H,1H3/b19-10+. The third-order valence-corrected chi connectivity index (χ3v) is 3.46. The van der Waals surface area contributed by atoms with E-state index < -0.39 is 11.7 Å². The van der Waals surface area contributed by atoms with Gasteiger partial charge in [-0.15, -0.1) is 11.8 Å². The lowest BCUT2D eigenvalue weighted by molar-refractivity contribution is -0.137. The maximum absolute atomic E-state index is 12.6. The van der Waals surface area contributed by atoms with E-state index in [-0.39, 0.29) is 0 Å². The molecule has 21 heavy (non-hydrogen) atoms. The lowest BCUT2D eigenvalue weighted by atomic mass is 10.2. The highest BCUT2D eigenvalue weighted by molar-refractivity contribution is 7.98. The summed E-state index contributed by atoms with van der Waals surface area (Å²) in [6, 6.07) is 12.6. The Morgan fingerprint density at radius 2 is 1.81 bits per heavy atom. The normalized spacial score (nSPS) is 11.8. The number of hydrogen-bond donors (Lipinski definition) is 1. The zero-order valence-corrected chi connectivity index (χ0v) is 12.0. The van der Waals surface area contributed by atoms with E-state index in [0.717, 1.165) is 22.6 Å². The molecule has 2 aromatic carbocycles. The van der Waals surface area contributed by atoms with Crippen molar-refractivity contribution in [2.24, 2.45) is 5.10 Å². The van der Waals surface area contributed by atoms with Crippen molar-refractivity contribution in [3.63, 3.8) is 0 Å². The van der Waals surface area contributed by atoms with Gasteiger partial charge in [0.15, 0.2) is 0 Å². The van der Waals surface area contributed by atoms with E-state index >= 15 is 0 Å². The van der Waals surface area contributed by atoms with Crippen LogP contribution in [-0.4, -0.2) is 12.5 Å². The van der Waals surface area contributed by atoms with Gasteiger partial charge in [-0.1, -0.05) is 18.2 Å². The van der Waals surface area contributed by atoms with Crippen LogP contribution in [0, 0.1) is 0 Å². The van der Waals surface area contributed by atoms with Crippen LogP contribution in [0.15, 0.2) is 58.5 Å². The maximum atomic E-state index is 12.6. The number of thioether (sulfide) groups is 1. The van der Waals surface area contributed by atoms with Crippen LogP contribution in [0.5, 0.6) is 0 Å². The lowest BCUT2D eigenvalue weighted by Crippen LogP contribution is -2.05. The molecule has 0 aliphatic carbocycles. The molecule has 0 heterocycles. The van der Waals surface area contributed by atoms with E-state index in [1.807, 2.05) is 30.5 Å². The van der Waals surface area contributed by atoms with Gasteiger partial charge in [0.2, 0.25) is 0 Å². The highest BCUT2D eigenvalue weighted by Gasteiger charge is 2.30. The SMILES string of the molecule is CSc1ccc(/C=N/Nc2cccc(C(F)(F)F)c2)cc1. The van der Waals surface area contributed by atoms with Gasteiger partial charge in [0, 0.05) is 4.90 Å². The van der Waals surface area contributed by atoms with Crippen molar-refractivity contribution in [1.82, 2.24) is 0 Å². The third kappa shape index (κ3) is 4.53. The highest BCUT2D eigenvalue weighted by atomic mass is 32.2. The number of alkyl halides is 3. The molecule has 0 fully saturated rings.